The molecule has 0 saturated heterocycles. The van der Waals surface area contributed by atoms with Crippen molar-refractivity contribution < 1.29 is 9.47 Å². The van der Waals surface area contributed by atoms with Crippen LogP contribution < -0.4 is 10.1 Å². The van der Waals surface area contributed by atoms with Crippen LogP contribution in [0.4, 0.5) is 5.82 Å². The van der Waals surface area contributed by atoms with Gasteiger partial charge in [0.05, 0.1) is 26.0 Å². The first-order valence-electron chi connectivity index (χ1n) is 6.77. The van der Waals surface area contributed by atoms with Crippen LogP contribution in [0.15, 0.2) is 40.9 Å². The molecule has 0 saturated carbocycles. The maximum atomic E-state index is 5.64. The van der Waals surface area contributed by atoms with E-state index in [-0.39, 0.29) is 0 Å². The number of benzene rings is 1. The van der Waals surface area contributed by atoms with Gasteiger partial charge in [-0.3, -0.25) is 0 Å². The zero-order valence-corrected chi connectivity index (χ0v) is 13.8. The van der Waals surface area contributed by atoms with Crippen LogP contribution in [0, 0.1) is 6.92 Å². The second-order valence-electron chi connectivity index (χ2n) is 4.59. The standard InChI is InChI=1S/C16H19BrN2O2/c1-12-15(17)6-7-16(19-12)18-8-9-21-11-13-4-3-5-14(10-13)20-2/h3-7,10H,8-9,11H2,1-2H3,(H,18,19). The first kappa shape index (κ1) is 15.8. The number of aromatic nitrogens is 1. The number of aryl methyl sites for hydroxylation is 1. The molecule has 0 fully saturated rings. The van der Waals surface area contributed by atoms with Gasteiger partial charge in [-0.05, 0) is 52.7 Å². The van der Waals surface area contributed by atoms with Crippen molar-refractivity contribution in [1.82, 2.24) is 4.98 Å². The smallest absolute Gasteiger partial charge is 0.126 e. The Morgan fingerprint density at radius 3 is 2.86 bits per heavy atom. The Kier molecular flexibility index (Phi) is 6.02. The van der Waals surface area contributed by atoms with Gasteiger partial charge >= 0.3 is 0 Å². The van der Waals surface area contributed by atoms with Crippen LogP contribution in [0.1, 0.15) is 11.3 Å². The molecule has 0 aliphatic rings. The van der Waals surface area contributed by atoms with E-state index in [0.29, 0.717) is 13.2 Å². The van der Waals surface area contributed by atoms with Crippen molar-refractivity contribution >= 4 is 21.7 Å². The molecule has 2 rings (SSSR count). The molecule has 0 bridgehead atoms. The summed E-state index contributed by atoms with van der Waals surface area (Å²) in [6, 6.07) is 11.8. The lowest BCUT2D eigenvalue weighted by Crippen LogP contribution is -2.10. The van der Waals surface area contributed by atoms with Crippen LogP contribution in [0.25, 0.3) is 0 Å². The van der Waals surface area contributed by atoms with Gasteiger partial charge in [-0.1, -0.05) is 12.1 Å². The SMILES string of the molecule is COc1cccc(COCCNc2ccc(Br)c(C)n2)c1. The fourth-order valence-electron chi connectivity index (χ4n) is 1.85. The Morgan fingerprint density at radius 1 is 1.24 bits per heavy atom. The summed E-state index contributed by atoms with van der Waals surface area (Å²) in [5, 5.41) is 3.24. The van der Waals surface area contributed by atoms with E-state index in [1.54, 1.807) is 7.11 Å². The molecular formula is C16H19BrN2O2. The van der Waals surface area contributed by atoms with E-state index < -0.39 is 0 Å². The second kappa shape index (κ2) is 8.00. The maximum absolute atomic E-state index is 5.64. The van der Waals surface area contributed by atoms with Gasteiger partial charge in [0.1, 0.15) is 11.6 Å². The molecular weight excluding hydrogens is 332 g/mol. The Morgan fingerprint density at radius 2 is 2.10 bits per heavy atom. The summed E-state index contributed by atoms with van der Waals surface area (Å²) in [6.07, 6.45) is 0. The lowest BCUT2D eigenvalue weighted by molar-refractivity contribution is 0.130. The van der Waals surface area contributed by atoms with Crippen LogP contribution >= 0.6 is 15.9 Å². The van der Waals surface area contributed by atoms with Crippen molar-refractivity contribution in [1.29, 1.82) is 0 Å². The molecule has 5 heteroatoms. The molecule has 1 N–H and O–H groups in total. The zero-order valence-electron chi connectivity index (χ0n) is 12.2. The van der Waals surface area contributed by atoms with Crippen molar-refractivity contribution in [3.05, 3.63) is 52.1 Å². The van der Waals surface area contributed by atoms with Gasteiger partial charge in [-0.15, -0.1) is 0 Å². The molecule has 0 aliphatic heterocycles. The minimum atomic E-state index is 0.575. The van der Waals surface area contributed by atoms with Crippen molar-refractivity contribution in [2.24, 2.45) is 0 Å². The highest BCUT2D eigenvalue weighted by atomic mass is 79.9. The van der Waals surface area contributed by atoms with Gasteiger partial charge < -0.3 is 14.8 Å². The Balaban J connectivity index is 1.71. The third kappa shape index (κ3) is 5.02. The fraction of sp³-hybridized carbons (Fsp3) is 0.312. The number of nitrogens with one attached hydrogen (secondary N) is 1. The van der Waals surface area contributed by atoms with Crippen molar-refractivity contribution in [2.45, 2.75) is 13.5 Å². The van der Waals surface area contributed by atoms with E-state index in [0.717, 1.165) is 33.8 Å². The average molecular weight is 351 g/mol. The van der Waals surface area contributed by atoms with Gasteiger partial charge in [0.25, 0.3) is 0 Å². The third-order valence-electron chi connectivity index (χ3n) is 2.98. The molecule has 0 amide bonds. The number of hydrogen-bond acceptors (Lipinski definition) is 4. The monoisotopic (exact) mass is 350 g/mol. The minimum absolute atomic E-state index is 0.575. The van der Waals surface area contributed by atoms with Crippen LogP contribution in [0.2, 0.25) is 0 Å². The Hall–Kier alpha value is -1.59. The van der Waals surface area contributed by atoms with Gasteiger partial charge in [-0.25, -0.2) is 4.98 Å². The normalized spacial score (nSPS) is 10.4. The summed E-state index contributed by atoms with van der Waals surface area (Å²) in [5.41, 5.74) is 2.07. The quantitative estimate of drug-likeness (QED) is 0.771. The number of halogens is 1. The lowest BCUT2D eigenvalue weighted by atomic mass is 10.2. The number of pyridine rings is 1. The van der Waals surface area contributed by atoms with E-state index in [2.05, 4.69) is 26.2 Å². The van der Waals surface area contributed by atoms with Crippen LogP contribution in [0.5, 0.6) is 5.75 Å². The third-order valence-corrected chi connectivity index (χ3v) is 3.81. The first-order chi connectivity index (χ1) is 10.2. The van der Waals surface area contributed by atoms with Gasteiger partial charge in [0.2, 0.25) is 0 Å². The maximum Gasteiger partial charge on any atom is 0.126 e. The Bertz CT molecular complexity index is 590. The zero-order chi connectivity index (χ0) is 15.1. The van der Waals surface area contributed by atoms with Gasteiger partial charge in [0.15, 0.2) is 0 Å². The molecule has 1 aromatic carbocycles. The summed E-state index contributed by atoms with van der Waals surface area (Å²) < 4.78 is 11.8. The van der Waals surface area contributed by atoms with Crippen LogP contribution in [-0.4, -0.2) is 25.2 Å². The molecule has 0 atom stereocenters. The van der Waals surface area contributed by atoms with Crippen molar-refractivity contribution in [2.75, 3.05) is 25.6 Å². The number of hydrogen-bond donors (Lipinski definition) is 1. The molecule has 1 aromatic heterocycles. The fourth-order valence-corrected chi connectivity index (χ4v) is 2.07. The summed E-state index contributed by atoms with van der Waals surface area (Å²) in [7, 11) is 1.66. The minimum Gasteiger partial charge on any atom is -0.497 e. The summed E-state index contributed by atoms with van der Waals surface area (Å²) in [4.78, 5) is 4.42. The molecule has 1 heterocycles. The van der Waals surface area contributed by atoms with E-state index in [1.807, 2.05) is 43.3 Å². The highest BCUT2D eigenvalue weighted by molar-refractivity contribution is 9.10. The lowest BCUT2D eigenvalue weighted by Gasteiger charge is -2.08. The number of methoxy groups -OCH3 is 1. The summed E-state index contributed by atoms with van der Waals surface area (Å²) in [6.45, 7) is 3.88. The number of anilines is 1. The van der Waals surface area contributed by atoms with E-state index in [1.165, 1.54) is 0 Å². The number of nitrogens with zero attached hydrogens (tertiary/aromatic N) is 1. The van der Waals surface area contributed by atoms with Crippen LogP contribution in [-0.2, 0) is 11.3 Å². The average Bonchev–Trinajstić information content (AvgIpc) is 2.50. The topological polar surface area (TPSA) is 43.4 Å². The van der Waals surface area contributed by atoms with Gasteiger partial charge in [0, 0.05) is 11.0 Å². The van der Waals surface area contributed by atoms with Gasteiger partial charge in [-0.2, -0.15) is 0 Å². The number of ether oxygens (including phenoxy) is 2. The highest BCUT2D eigenvalue weighted by Gasteiger charge is 1.99. The summed E-state index contributed by atoms with van der Waals surface area (Å²) in [5.74, 6) is 1.71. The highest BCUT2D eigenvalue weighted by Crippen LogP contribution is 2.16. The molecule has 0 radical (unpaired) electrons. The van der Waals surface area contributed by atoms with E-state index in [9.17, 15) is 0 Å². The molecule has 2 aromatic rings. The molecule has 0 aliphatic carbocycles. The van der Waals surface area contributed by atoms with E-state index in [4.69, 9.17) is 9.47 Å². The molecule has 112 valence electrons. The van der Waals surface area contributed by atoms with E-state index >= 15 is 0 Å². The molecule has 0 spiro atoms. The largest absolute Gasteiger partial charge is 0.497 e. The number of rotatable bonds is 7. The van der Waals surface area contributed by atoms with Crippen molar-refractivity contribution in [3.63, 3.8) is 0 Å². The predicted octanol–water partition coefficient (Wildman–Crippen LogP) is 3.79. The van der Waals surface area contributed by atoms with Crippen LogP contribution in [0.3, 0.4) is 0 Å². The Labute approximate surface area is 133 Å². The molecule has 4 nitrogen and oxygen atoms in total. The second-order valence-corrected chi connectivity index (χ2v) is 5.45. The first-order valence-corrected chi connectivity index (χ1v) is 7.56. The molecule has 0 unspecified atom stereocenters. The van der Waals surface area contributed by atoms with Crippen molar-refractivity contribution in [3.8, 4) is 5.75 Å². The predicted molar refractivity (Wildman–Crippen MR) is 87.8 cm³/mol. The summed E-state index contributed by atoms with van der Waals surface area (Å²) >= 11 is 3.43. The molecule has 21 heavy (non-hydrogen) atoms.